The minimum atomic E-state index is -0.219. The van der Waals surface area contributed by atoms with Gasteiger partial charge in [-0.1, -0.05) is 37.3 Å². The van der Waals surface area contributed by atoms with Gasteiger partial charge in [-0.15, -0.1) is 0 Å². The summed E-state index contributed by atoms with van der Waals surface area (Å²) >= 11 is 0. The molecular weight excluding hydrogens is 352 g/mol. The maximum Gasteiger partial charge on any atom is 0.227 e. The zero-order valence-electron chi connectivity index (χ0n) is 16.5. The molecule has 0 aliphatic carbocycles. The third-order valence-electron chi connectivity index (χ3n) is 5.04. The fourth-order valence-electron chi connectivity index (χ4n) is 3.35. The highest BCUT2D eigenvalue weighted by atomic mass is 16.5. The van der Waals surface area contributed by atoms with E-state index in [0.29, 0.717) is 19.4 Å². The summed E-state index contributed by atoms with van der Waals surface area (Å²) in [6.45, 7) is 4.23. The van der Waals surface area contributed by atoms with Crippen LogP contribution in [0.3, 0.4) is 0 Å². The standard InChI is InChI=1S/C23H28N2O3/c1-3-22(26)25-20-11-12-21-18(14-20)13-19(15-28-21)23(27)24-16(2)9-10-17-7-5-4-6-8-17/h4-8,11-12,14,16,19H,3,9-10,13,15H2,1-2H3,(H,24,27)(H,25,26)/t16-,19+/m1/s1. The maximum absolute atomic E-state index is 12.7. The van der Waals surface area contributed by atoms with E-state index in [0.717, 1.165) is 29.8 Å². The molecule has 0 radical (unpaired) electrons. The number of benzene rings is 2. The Balaban J connectivity index is 1.54. The first-order valence-corrected chi connectivity index (χ1v) is 9.95. The van der Waals surface area contributed by atoms with Gasteiger partial charge in [0.2, 0.25) is 11.8 Å². The van der Waals surface area contributed by atoms with Crippen LogP contribution in [0.1, 0.15) is 37.8 Å². The number of hydrogen-bond donors (Lipinski definition) is 2. The monoisotopic (exact) mass is 380 g/mol. The van der Waals surface area contributed by atoms with Gasteiger partial charge in [0.25, 0.3) is 0 Å². The van der Waals surface area contributed by atoms with Crippen LogP contribution in [0.2, 0.25) is 0 Å². The van der Waals surface area contributed by atoms with Gasteiger partial charge in [-0.3, -0.25) is 9.59 Å². The summed E-state index contributed by atoms with van der Waals surface area (Å²) in [6, 6.07) is 16.0. The van der Waals surface area contributed by atoms with Crippen molar-refractivity contribution in [3.63, 3.8) is 0 Å². The molecule has 5 heteroatoms. The summed E-state index contributed by atoms with van der Waals surface area (Å²) in [6.07, 6.45) is 2.88. The number of nitrogens with one attached hydrogen (secondary N) is 2. The fraction of sp³-hybridized carbons (Fsp3) is 0.391. The van der Waals surface area contributed by atoms with E-state index in [-0.39, 0.29) is 23.8 Å². The highest BCUT2D eigenvalue weighted by Gasteiger charge is 2.27. The first-order valence-electron chi connectivity index (χ1n) is 9.95. The lowest BCUT2D eigenvalue weighted by atomic mass is 9.95. The number of amides is 2. The summed E-state index contributed by atoms with van der Waals surface area (Å²) in [5.41, 5.74) is 2.98. The molecule has 2 amide bonds. The molecule has 0 spiro atoms. The Labute approximate surface area is 166 Å². The van der Waals surface area contributed by atoms with Gasteiger partial charge in [0, 0.05) is 18.2 Å². The Morgan fingerprint density at radius 3 is 2.71 bits per heavy atom. The SMILES string of the molecule is CCC(=O)Nc1ccc2c(c1)C[C@H](C(=O)N[C@H](C)CCc1ccccc1)CO2. The maximum atomic E-state index is 12.7. The normalized spacial score (nSPS) is 16.4. The van der Waals surface area contributed by atoms with E-state index >= 15 is 0 Å². The Bertz CT molecular complexity index is 820. The summed E-state index contributed by atoms with van der Waals surface area (Å²) in [5.74, 6) is 0.562. The molecule has 5 nitrogen and oxygen atoms in total. The van der Waals surface area contributed by atoms with Crippen molar-refractivity contribution in [3.8, 4) is 5.75 Å². The van der Waals surface area contributed by atoms with Gasteiger partial charge in [-0.2, -0.15) is 0 Å². The summed E-state index contributed by atoms with van der Waals surface area (Å²) < 4.78 is 5.78. The van der Waals surface area contributed by atoms with Crippen LogP contribution < -0.4 is 15.4 Å². The first-order chi connectivity index (χ1) is 13.5. The average molecular weight is 380 g/mol. The molecule has 1 heterocycles. The van der Waals surface area contributed by atoms with Gasteiger partial charge in [0.1, 0.15) is 12.4 Å². The predicted molar refractivity (Wildman–Crippen MR) is 110 cm³/mol. The van der Waals surface area contributed by atoms with Gasteiger partial charge in [0.05, 0.1) is 5.92 Å². The Morgan fingerprint density at radius 2 is 1.96 bits per heavy atom. The van der Waals surface area contributed by atoms with Crippen LogP contribution in [0.25, 0.3) is 0 Å². The predicted octanol–water partition coefficient (Wildman–Crippen LogP) is 3.72. The van der Waals surface area contributed by atoms with Crippen molar-refractivity contribution < 1.29 is 14.3 Å². The second kappa shape index (κ2) is 9.40. The zero-order chi connectivity index (χ0) is 19.9. The molecule has 2 aromatic rings. The number of fused-ring (bicyclic) bond motifs is 1. The van der Waals surface area contributed by atoms with Crippen molar-refractivity contribution >= 4 is 17.5 Å². The molecule has 0 aromatic heterocycles. The second-order valence-corrected chi connectivity index (χ2v) is 7.37. The summed E-state index contributed by atoms with van der Waals surface area (Å²) in [5, 5.41) is 5.97. The minimum absolute atomic E-state index is 0.0224. The molecule has 28 heavy (non-hydrogen) atoms. The number of aryl methyl sites for hydroxylation is 1. The number of ether oxygens (including phenoxy) is 1. The zero-order valence-corrected chi connectivity index (χ0v) is 16.5. The summed E-state index contributed by atoms with van der Waals surface area (Å²) in [4.78, 5) is 24.3. The third-order valence-corrected chi connectivity index (χ3v) is 5.04. The molecular formula is C23H28N2O3. The smallest absolute Gasteiger partial charge is 0.227 e. The van der Waals surface area contributed by atoms with Crippen LogP contribution in [0.4, 0.5) is 5.69 Å². The van der Waals surface area contributed by atoms with E-state index in [1.54, 1.807) is 0 Å². The molecule has 0 bridgehead atoms. The second-order valence-electron chi connectivity index (χ2n) is 7.37. The quantitative estimate of drug-likeness (QED) is 0.769. The first kappa shape index (κ1) is 19.9. The number of anilines is 1. The van der Waals surface area contributed by atoms with Crippen LogP contribution in [0.5, 0.6) is 5.75 Å². The van der Waals surface area contributed by atoms with Crippen LogP contribution in [0, 0.1) is 5.92 Å². The van der Waals surface area contributed by atoms with Crippen molar-refractivity contribution in [1.29, 1.82) is 0 Å². The average Bonchev–Trinajstić information content (AvgIpc) is 2.72. The van der Waals surface area contributed by atoms with Crippen molar-refractivity contribution in [2.75, 3.05) is 11.9 Å². The van der Waals surface area contributed by atoms with Gasteiger partial charge in [0.15, 0.2) is 0 Å². The van der Waals surface area contributed by atoms with Crippen molar-refractivity contribution in [3.05, 3.63) is 59.7 Å². The molecule has 1 aliphatic heterocycles. The molecule has 0 fully saturated rings. The number of hydrogen-bond acceptors (Lipinski definition) is 3. The van der Waals surface area contributed by atoms with Crippen molar-refractivity contribution in [2.24, 2.45) is 5.92 Å². The Hall–Kier alpha value is -2.82. The van der Waals surface area contributed by atoms with Crippen LogP contribution in [-0.2, 0) is 22.4 Å². The van der Waals surface area contributed by atoms with Crippen molar-refractivity contribution in [1.82, 2.24) is 5.32 Å². The summed E-state index contributed by atoms with van der Waals surface area (Å²) in [7, 11) is 0. The van der Waals surface area contributed by atoms with E-state index in [9.17, 15) is 9.59 Å². The van der Waals surface area contributed by atoms with Gasteiger partial charge < -0.3 is 15.4 Å². The topological polar surface area (TPSA) is 67.4 Å². The Morgan fingerprint density at radius 1 is 1.18 bits per heavy atom. The van der Waals surface area contributed by atoms with Gasteiger partial charge in [-0.05, 0) is 55.5 Å². The number of carbonyl (C=O) groups is 2. The van der Waals surface area contributed by atoms with E-state index in [4.69, 9.17) is 4.74 Å². The molecule has 0 saturated carbocycles. The van der Waals surface area contributed by atoms with Crippen molar-refractivity contribution in [2.45, 2.75) is 45.6 Å². The molecule has 0 saturated heterocycles. The molecule has 0 unspecified atom stereocenters. The molecule has 2 aromatic carbocycles. The molecule has 148 valence electrons. The molecule has 2 N–H and O–H groups in total. The molecule has 3 rings (SSSR count). The van der Waals surface area contributed by atoms with E-state index in [2.05, 4.69) is 22.8 Å². The van der Waals surface area contributed by atoms with E-state index < -0.39 is 0 Å². The number of rotatable bonds is 7. The van der Waals surface area contributed by atoms with Crippen LogP contribution >= 0.6 is 0 Å². The fourth-order valence-corrected chi connectivity index (χ4v) is 3.35. The minimum Gasteiger partial charge on any atom is -0.492 e. The molecule has 2 atom stereocenters. The lowest BCUT2D eigenvalue weighted by molar-refractivity contribution is -0.127. The van der Waals surface area contributed by atoms with Crippen LogP contribution in [-0.4, -0.2) is 24.5 Å². The highest BCUT2D eigenvalue weighted by Crippen LogP contribution is 2.30. The number of carbonyl (C=O) groups excluding carboxylic acids is 2. The highest BCUT2D eigenvalue weighted by molar-refractivity contribution is 5.90. The Kier molecular flexibility index (Phi) is 6.69. The van der Waals surface area contributed by atoms with Gasteiger partial charge >= 0.3 is 0 Å². The lowest BCUT2D eigenvalue weighted by Gasteiger charge is -2.26. The third kappa shape index (κ3) is 5.35. The van der Waals surface area contributed by atoms with Gasteiger partial charge in [-0.25, -0.2) is 0 Å². The largest absolute Gasteiger partial charge is 0.492 e. The van der Waals surface area contributed by atoms with E-state index in [1.165, 1.54) is 5.56 Å². The lowest BCUT2D eigenvalue weighted by Crippen LogP contribution is -2.41. The molecule has 1 aliphatic rings. The van der Waals surface area contributed by atoms with E-state index in [1.807, 2.05) is 50.2 Å². The van der Waals surface area contributed by atoms with Crippen LogP contribution in [0.15, 0.2) is 48.5 Å².